The average Bonchev–Trinajstić information content (AvgIpc) is 2.92. The van der Waals surface area contributed by atoms with Gasteiger partial charge in [-0.05, 0) is 24.1 Å². The molecule has 0 atom stereocenters. The van der Waals surface area contributed by atoms with E-state index in [1.54, 1.807) is 12.1 Å². The molecule has 0 saturated heterocycles. The van der Waals surface area contributed by atoms with Crippen molar-refractivity contribution in [2.24, 2.45) is 0 Å². The monoisotopic (exact) mass is 372 g/mol. The Balaban J connectivity index is 1.94. The van der Waals surface area contributed by atoms with Gasteiger partial charge >= 0.3 is 12.0 Å². The van der Waals surface area contributed by atoms with Crippen molar-refractivity contribution in [1.82, 2.24) is 24.5 Å². The lowest BCUT2D eigenvalue weighted by Crippen LogP contribution is -2.07. The molecule has 0 radical (unpaired) electrons. The molecule has 0 aliphatic heterocycles. The van der Waals surface area contributed by atoms with Crippen molar-refractivity contribution in [3.8, 4) is 12.0 Å². The number of carboxylic acids is 1. The van der Waals surface area contributed by atoms with Gasteiger partial charge in [-0.2, -0.15) is 15.0 Å². The summed E-state index contributed by atoms with van der Waals surface area (Å²) in [6.45, 7) is 2.64. The van der Waals surface area contributed by atoms with Crippen LogP contribution < -0.4 is 10.5 Å². The van der Waals surface area contributed by atoms with Crippen LogP contribution in [0.1, 0.15) is 31.0 Å². The molecule has 0 unspecified atom stereocenters. The minimum Gasteiger partial charge on any atom is -0.481 e. The molecular formula is C17H20N6O4. The highest BCUT2D eigenvalue weighted by Gasteiger charge is 2.17. The lowest BCUT2D eigenvalue weighted by Gasteiger charge is -2.08. The molecule has 0 saturated carbocycles. The van der Waals surface area contributed by atoms with Gasteiger partial charge in [-0.25, -0.2) is 0 Å². The molecule has 0 aromatic carbocycles. The van der Waals surface area contributed by atoms with Gasteiger partial charge < -0.3 is 20.7 Å². The number of carbonyl (C=O) groups is 1. The molecular weight excluding hydrogens is 352 g/mol. The third kappa shape index (κ3) is 4.22. The number of aromatic hydroxyl groups is 1. The molecule has 10 nitrogen and oxygen atoms in total. The molecule has 0 amide bonds. The first kappa shape index (κ1) is 18.4. The number of unbranched alkanes of at least 4 members (excludes halogenated alkanes) is 1. The topological polar surface area (TPSA) is 149 Å². The highest BCUT2D eigenvalue weighted by Crippen LogP contribution is 2.25. The predicted molar refractivity (Wildman–Crippen MR) is 96.5 cm³/mol. The zero-order chi connectivity index (χ0) is 19.4. The second kappa shape index (κ2) is 7.85. The quantitative estimate of drug-likeness (QED) is 0.498. The van der Waals surface area contributed by atoms with E-state index in [2.05, 4.69) is 19.9 Å². The predicted octanol–water partition coefficient (Wildman–Crippen LogP) is 1.36. The first-order chi connectivity index (χ1) is 13.0. The Hall–Kier alpha value is -3.43. The summed E-state index contributed by atoms with van der Waals surface area (Å²) >= 11 is 0. The fraction of sp³-hybridized carbons (Fsp3) is 0.353. The number of nitrogens with zero attached hydrogens (tertiary/aromatic N) is 5. The summed E-state index contributed by atoms with van der Waals surface area (Å²) in [6, 6.07) is 3.11. The maximum atomic E-state index is 10.9. The van der Waals surface area contributed by atoms with Crippen molar-refractivity contribution in [3.63, 3.8) is 0 Å². The van der Waals surface area contributed by atoms with Crippen LogP contribution >= 0.6 is 0 Å². The van der Waals surface area contributed by atoms with E-state index >= 15 is 0 Å². The molecule has 4 N–H and O–H groups in total. The van der Waals surface area contributed by atoms with E-state index in [4.69, 9.17) is 15.6 Å². The maximum Gasteiger partial charge on any atom is 0.320 e. The van der Waals surface area contributed by atoms with E-state index in [0.717, 1.165) is 12.8 Å². The van der Waals surface area contributed by atoms with E-state index in [1.165, 1.54) is 10.8 Å². The number of hydrogen-bond donors (Lipinski definition) is 3. The van der Waals surface area contributed by atoms with Crippen molar-refractivity contribution < 1.29 is 19.7 Å². The van der Waals surface area contributed by atoms with Gasteiger partial charge in [0.1, 0.15) is 0 Å². The Kier molecular flexibility index (Phi) is 5.34. The van der Waals surface area contributed by atoms with Gasteiger partial charge in [0.25, 0.3) is 6.01 Å². The number of aliphatic carboxylic acids is 1. The fourth-order valence-corrected chi connectivity index (χ4v) is 2.57. The summed E-state index contributed by atoms with van der Waals surface area (Å²) in [5, 5.41) is 19.1. The highest BCUT2D eigenvalue weighted by molar-refractivity contribution is 5.83. The van der Waals surface area contributed by atoms with Crippen LogP contribution in [-0.2, 0) is 17.8 Å². The number of aromatic nitrogens is 5. The van der Waals surface area contributed by atoms with E-state index in [1.807, 2.05) is 6.92 Å². The molecule has 10 heteroatoms. The van der Waals surface area contributed by atoms with Gasteiger partial charge in [0.2, 0.25) is 0 Å². The number of fused-ring (bicyclic) bond motifs is 1. The molecule has 0 bridgehead atoms. The molecule has 3 rings (SSSR count). The number of hydrogen-bond acceptors (Lipinski definition) is 8. The van der Waals surface area contributed by atoms with Crippen LogP contribution in [0.4, 0.5) is 5.82 Å². The van der Waals surface area contributed by atoms with Crippen molar-refractivity contribution in [2.45, 2.75) is 32.7 Å². The first-order valence-electron chi connectivity index (χ1n) is 8.49. The first-order valence-corrected chi connectivity index (χ1v) is 8.49. The van der Waals surface area contributed by atoms with Gasteiger partial charge in [-0.3, -0.25) is 14.3 Å². The van der Waals surface area contributed by atoms with Crippen LogP contribution in [-0.4, -0.2) is 47.3 Å². The number of imidazole rings is 1. The molecule has 0 aliphatic rings. The summed E-state index contributed by atoms with van der Waals surface area (Å²) < 4.78 is 6.93. The summed E-state index contributed by atoms with van der Waals surface area (Å²) in [7, 11) is 0. The van der Waals surface area contributed by atoms with Crippen LogP contribution in [0.15, 0.2) is 18.3 Å². The Morgan fingerprint density at radius 1 is 1.33 bits per heavy atom. The molecule has 142 valence electrons. The maximum absolute atomic E-state index is 10.9. The van der Waals surface area contributed by atoms with E-state index < -0.39 is 5.97 Å². The number of ether oxygens (including phenoxy) is 1. The van der Waals surface area contributed by atoms with E-state index in [9.17, 15) is 9.90 Å². The van der Waals surface area contributed by atoms with Crippen LogP contribution in [0.25, 0.3) is 11.2 Å². The third-order valence-electron chi connectivity index (χ3n) is 3.87. The molecule has 0 fully saturated rings. The number of rotatable bonds is 8. The zero-order valence-electron chi connectivity index (χ0n) is 14.8. The number of anilines is 1. The second-order valence-electron chi connectivity index (χ2n) is 5.99. The average molecular weight is 372 g/mol. The molecule has 3 aromatic rings. The lowest BCUT2D eigenvalue weighted by atomic mass is 10.1. The number of nitrogens with two attached hydrogens (primary N) is 1. The van der Waals surface area contributed by atoms with E-state index in [-0.39, 0.29) is 36.3 Å². The standard InChI is InChI=1S/C17H20N6O4/c1-2-3-6-27-16-21-14(18)13-15(22-16)23(17(26)20-13)9-11-7-10(4-5-19-11)8-12(24)25/h4-5,7H,2-3,6,8-9H2,1H3,(H,20,26)(H,24,25)(H2,18,21,22). The SMILES string of the molecule is CCCCOc1nc(N)c2nc(O)n(Cc3cc(CC(=O)O)ccn3)c2n1. The molecule has 0 aliphatic carbocycles. The summed E-state index contributed by atoms with van der Waals surface area (Å²) in [4.78, 5) is 27.5. The van der Waals surface area contributed by atoms with Gasteiger partial charge in [-0.15, -0.1) is 0 Å². The van der Waals surface area contributed by atoms with E-state index in [0.29, 0.717) is 23.5 Å². The molecule has 27 heavy (non-hydrogen) atoms. The van der Waals surface area contributed by atoms with Crippen LogP contribution in [0.3, 0.4) is 0 Å². The van der Waals surface area contributed by atoms with Crippen LogP contribution in [0.2, 0.25) is 0 Å². The smallest absolute Gasteiger partial charge is 0.320 e. The molecule has 3 heterocycles. The fourth-order valence-electron chi connectivity index (χ4n) is 2.57. The number of pyridine rings is 1. The Bertz CT molecular complexity index is 971. The van der Waals surface area contributed by atoms with Crippen molar-refractivity contribution in [3.05, 3.63) is 29.6 Å². The Morgan fingerprint density at radius 2 is 2.15 bits per heavy atom. The molecule has 0 spiro atoms. The van der Waals surface area contributed by atoms with Gasteiger partial charge in [0.15, 0.2) is 17.0 Å². The summed E-state index contributed by atoms with van der Waals surface area (Å²) in [5.41, 5.74) is 7.65. The van der Waals surface area contributed by atoms with Crippen molar-refractivity contribution in [2.75, 3.05) is 12.3 Å². The minimum atomic E-state index is -0.933. The number of nitrogen functional groups attached to an aromatic ring is 1. The summed E-state index contributed by atoms with van der Waals surface area (Å²) in [6.07, 6.45) is 3.23. The zero-order valence-corrected chi connectivity index (χ0v) is 14.8. The Labute approximate surface area is 154 Å². The summed E-state index contributed by atoms with van der Waals surface area (Å²) in [5.74, 6) is -0.828. The van der Waals surface area contributed by atoms with Crippen LogP contribution in [0.5, 0.6) is 12.0 Å². The van der Waals surface area contributed by atoms with Gasteiger partial charge in [0, 0.05) is 6.20 Å². The second-order valence-corrected chi connectivity index (χ2v) is 5.99. The lowest BCUT2D eigenvalue weighted by molar-refractivity contribution is -0.136. The third-order valence-corrected chi connectivity index (χ3v) is 3.87. The minimum absolute atomic E-state index is 0.105. The van der Waals surface area contributed by atoms with Crippen molar-refractivity contribution in [1.29, 1.82) is 0 Å². The molecule has 3 aromatic heterocycles. The van der Waals surface area contributed by atoms with Gasteiger partial charge in [0.05, 0.1) is 25.3 Å². The van der Waals surface area contributed by atoms with Gasteiger partial charge in [-0.1, -0.05) is 13.3 Å². The largest absolute Gasteiger partial charge is 0.481 e. The van der Waals surface area contributed by atoms with Crippen molar-refractivity contribution >= 4 is 23.0 Å². The normalized spacial score (nSPS) is 11.0. The van der Waals surface area contributed by atoms with Crippen LogP contribution in [0, 0.1) is 0 Å². The Morgan fingerprint density at radius 3 is 2.89 bits per heavy atom. The highest BCUT2D eigenvalue weighted by atomic mass is 16.5. The number of carboxylic acid groups (broad SMARTS) is 1.